The number of fused-ring (bicyclic) bond motifs is 1. The van der Waals surface area contributed by atoms with Gasteiger partial charge in [-0.1, -0.05) is 66.4 Å². The minimum absolute atomic E-state index is 0.242. The van der Waals surface area contributed by atoms with Crippen LogP contribution in [0.1, 0.15) is 16.1 Å². The molecule has 0 aliphatic heterocycles. The van der Waals surface area contributed by atoms with Crippen LogP contribution in [0.5, 0.6) is 5.75 Å². The number of rotatable bonds is 6. The van der Waals surface area contributed by atoms with Crippen molar-refractivity contribution in [3.05, 3.63) is 96.2 Å². The van der Waals surface area contributed by atoms with Gasteiger partial charge in [-0.3, -0.25) is 4.79 Å². The van der Waals surface area contributed by atoms with Crippen molar-refractivity contribution in [2.45, 2.75) is 16.8 Å². The highest BCUT2D eigenvalue weighted by Crippen LogP contribution is 2.34. The number of carbonyl (C=O) groups excluding carboxylic acids is 1. The van der Waals surface area contributed by atoms with Crippen molar-refractivity contribution in [2.24, 2.45) is 0 Å². The molecular weight excluding hydrogens is 446 g/mol. The molecule has 0 bridgehead atoms. The summed E-state index contributed by atoms with van der Waals surface area (Å²) in [4.78, 5) is 23.0. The molecule has 1 N–H and O–H groups in total. The summed E-state index contributed by atoms with van der Waals surface area (Å²) in [7, 11) is 1.55. The van der Waals surface area contributed by atoms with E-state index in [0.29, 0.717) is 28.6 Å². The first-order valence-corrected chi connectivity index (χ1v) is 11.4. The highest BCUT2D eigenvalue weighted by atomic mass is 32.2. The van der Waals surface area contributed by atoms with Crippen LogP contribution in [0.25, 0.3) is 17.2 Å². The second-order valence-electron chi connectivity index (χ2n) is 7.50. The van der Waals surface area contributed by atoms with Crippen LogP contribution in [0, 0.1) is 6.92 Å². The second-order valence-corrected chi connectivity index (χ2v) is 8.56. The molecule has 0 fully saturated rings. The number of hydrogen-bond donors (Lipinski definition) is 1. The predicted octanol–water partition coefficient (Wildman–Crippen LogP) is 5.51. The molecule has 0 radical (unpaired) electrons. The monoisotopic (exact) mass is 467 g/mol. The summed E-state index contributed by atoms with van der Waals surface area (Å²) >= 11 is 1.49. The van der Waals surface area contributed by atoms with Crippen molar-refractivity contribution in [3.8, 4) is 17.1 Å². The molecule has 0 aliphatic carbocycles. The number of hydrogen-bond acceptors (Lipinski definition) is 6. The molecule has 0 atom stereocenters. The maximum absolute atomic E-state index is 13.0. The summed E-state index contributed by atoms with van der Waals surface area (Å²) in [5.74, 6) is 1.41. The van der Waals surface area contributed by atoms with Crippen LogP contribution < -0.4 is 10.1 Å². The smallest absolute Gasteiger partial charge is 0.259 e. The number of nitrogens with zero attached hydrogens (tertiary/aromatic N) is 4. The SMILES string of the molecule is COc1ccccc1C(=O)Nc1ccccc1Sc1cc(C)nc2nc(-c3ccccc3)nn12. The Morgan fingerprint density at radius 2 is 1.68 bits per heavy atom. The third kappa shape index (κ3) is 4.35. The fourth-order valence-electron chi connectivity index (χ4n) is 3.53. The van der Waals surface area contributed by atoms with Gasteiger partial charge in [-0.2, -0.15) is 9.50 Å². The Kier molecular flexibility index (Phi) is 5.97. The van der Waals surface area contributed by atoms with Crippen LogP contribution in [0.3, 0.4) is 0 Å². The molecular formula is C26H21N5O2S. The van der Waals surface area contributed by atoms with Gasteiger partial charge in [0.25, 0.3) is 11.7 Å². The number of nitrogens with one attached hydrogen (secondary N) is 1. The van der Waals surface area contributed by atoms with Gasteiger partial charge in [0, 0.05) is 16.2 Å². The predicted molar refractivity (Wildman–Crippen MR) is 132 cm³/mol. The zero-order valence-corrected chi connectivity index (χ0v) is 19.4. The van der Waals surface area contributed by atoms with Crippen molar-refractivity contribution in [1.29, 1.82) is 0 Å². The molecule has 7 nitrogen and oxygen atoms in total. The van der Waals surface area contributed by atoms with Crippen molar-refractivity contribution >= 4 is 29.1 Å². The molecule has 0 aliphatic rings. The number of amides is 1. The minimum Gasteiger partial charge on any atom is -0.496 e. The zero-order valence-electron chi connectivity index (χ0n) is 18.6. The lowest BCUT2D eigenvalue weighted by atomic mass is 10.2. The number of aryl methyl sites for hydroxylation is 1. The van der Waals surface area contributed by atoms with Crippen LogP contribution in [0.4, 0.5) is 5.69 Å². The molecule has 34 heavy (non-hydrogen) atoms. The standard InChI is InChI=1S/C26H21N5O2S/c1-17-16-23(31-26(27-17)29-24(30-31)18-10-4-3-5-11-18)34-22-15-9-7-13-20(22)28-25(32)19-12-6-8-14-21(19)33-2/h3-16H,1-2H3,(H,28,32). The van der Waals surface area contributed by atoms with Gasteiger partial charge in [-0.15, -0.1) is 5.10 Å². The van der Waals surface area contributed by atoms with E-state index in [9.17, 15) is 4.79 Å². The van der Waals surface area contributed by atoms with Gasteiger partial charge in [0.1, 0.15) is 10.8 Å². The first kappa shape index (κ1) is 21.7. The van der Waals surface area contributed by atoms with E-state index in [1.165, 1.54) is 11.8 Å². The third-order valence-electron chi connectivity index (χ3n) is 5.14. The van der Waals surface area contributed by atoms with E-state index in [0.717, 1.165) is 21.2 Å². The Balaban J connectivity index is 1.49. The maximum Gasteiger partial charge on any atom is 0.259 e. The average Bonchev–Trinajstić information content (AvgIpc) is 3.30. The molecule has 0 unspecified atom stereocenters. The van der Waals surface area contributed by atoms with E-state index in [1.54, 1.807) is 23.8 Å². The van der Waals surface area contributed by atoms with E-state index in [1.807, 2.05) is 79.7 Å². The van der Waals surface area contributed by atoms with Crippen LogP contribution in [0.15, 0.2) is 94.9 Å². The van der Waals surface area contributed by atoms with E-state index in [2.05, 4.69) is 15.3 Å². The molecule has 3 aromatic carbocycles. The van der Waals surface area contributed by atoms with Crippen molar-refractivity contribution in [3.63, 3.8) is 0 Å². The Labute approximate surface area is 200 Å². The number of benzene rings is 3. The molecule has 5 aromatic rings. The zero-order chi connectivity index (χ0) is 23.5. The van der Waals surface area contributed by atoms with Gasteiger partial charge < -0.3 is 10.1 Å². The summed E-state index contributed by atoms with van der Waals surface area (Å²) in [5.41, 5.74) is 2.91. The highest BCUT2D eigenvalue weighted by Gasteiger charge is 2.16. The Bertz CT molecular complexity index is 1480. The number of aromatic nitrogens is 4. The van der Waals surface area contributed by atoms with E-state index in [-0.39, 0.29) is 5.91 Å². The second kappa shape index (κ2) is 9.36. The largest absolute Gasteiger partial charge is 0.496 e. The Morgan fingerprint density at radius 1 is 0.941 bits per heavy atom. The van der Waals surface area contributed by atoms with Crippen LogP contribution >= 0.6 is 11.8 Å². The topological polar surface area (TPSA) is 81.4 Å². The number of para-hydroxylation sites is 2. The molecule has 5 rings (SSSR count). The summed E-state index contributed by atoms with van der Waals surface area (Å²) in [5, 5.41) is 8.56. The lowest BCUT2D eigenvalue weighted by Gasteiger charge is -2.13. The normalized spacial score (nSPS) is 10.9. The molecule has 168 valence electrons. The number of ether oxygens (including phenoxy) is 1. The van der Waals surface area contributed by atoms with Gasteiger partial charge in [0.2, 0.25) is 0 Å². The van der Waals surface area contributed by atoms with Crippen LogP contribution in [0.2, 0.25) is 0 Å². The van der Waals surface area contributed by atoms with Crippen LogP contribution in [-0.4, -0.2) is 32.6 Å². The molecule has 0 saturated heterocycles. The fraction of sp³-hybridized carbons (Fsp3) is 0.0769. The number of anilines is 1. The Morgan fingerprint density at radius 3 is 2.50 bits per heavy atom. The van der Waals surface area contributed by atoms with Crippen LogP contribution in [-0.2, 0) is 0 Å². The molecule has 2 heterocycles. The summed E-state index contributed by atoms with van der Waals surface area (Å²) in [6.07, 6.45) is 0. The maximum atomic E-state index is 13.0. The lowest BCUT2D eigenvalue weighted by Crippen LogP contribution is -2.13. The third-order valence-corrected chi connectivity index (χ3v) is 6.22. The van der Waals surface area contributed by atoms with Gasteiger partial charge in [-0.25, -0.2) is 4.98 Å². The Hall–Kier alpha value is -4.17. The van der Waals surface area contributed by atoms with Gasteiger partial charge >= 0.3 is 0 Å². The van der Waals surface area contributed by atoms with Gasteiger partial charge in [0.15, 0.2) is 5.82 Å². The summed E-state index contributed by atoms with van der Waals surface area (Å²) < 4.78 is 7.07. The first-order chi connectivity index (χ1) is 16.6. The quantitative estimate of drug-likeness (QED) is 0.332. The van der Waals surface area contributed by atoms with E-state index in [4.69, 9.17) is 9.84 Å². The highest BCUT2D eigenvalue weighted by molar-refractivity contribution is 7.99. The van der Waals surface area contributed by atoms with E-state index < -0.39 is 0 Å². The summed E-state index contributed by atoms with van der Waals surface area (Å²) in [6, 6.07) is 26.6. The lowest BCUT2D eigenvalue weighted by molar-refractivity contribution is 0.102. The first-order valence-electron chi connectivity index (χ1n) is 10.6. The minimum atomic E-state index is -0.242. The molecule has 1 amide bonds. The molecule has 2 aromatic heterocycles. The van der Waals surface area contributed by atoms with Gasteiger partial charge in [-0.05, 0) is 37.3 Å². The molecule has 0 saturated carbocycles. The van der Waals surface area contributed by atoms with Crippen molar-refractivity contribution in [1.82, 2.24) is 19.6 Å². The summed E-state index contributed by atoms with van der Waals surface area (Å²) in [6.45, 7) is 1.93. The molecule has 0 spiro atoms. The van der Waals surface area contributed by atoms with E-state index >= 15 is 0 Å². The van der Waals surface area contributed by atoms with Crippen molar-refractivity contribution < 1.29 is 9.53 Å². The number of carbonyl (C=O) groups is 1. The number of methoxy groups -OCH3 is 1. The fourth-order valence-corrected chi connectivity index (χ4v) is 4.57. The van der Waals surface area contributed by atoms with Gasteiger partial charge in [0.05, 0.1) is 18.4 Å². The van der Waals surface area contributed by atoms with Crippen molar-refractivity contribution in [2.75, 3.05) is 12.4 Å². The molecule has 8 heteroatoms. The average molecular weight is 468 g/mol.